The number of aliphatic hydroxyl groups excluding tert-OH is 1. The molecular weight excluding hydrogens is 605 g/mol. The van der Waals surface area contributed by atoms with Crippen LogP contribution < -0.4 is 5.32 Å². The van der Waals surface area contributed by atoms with Gasteiger partial charge >= 0.3 is 13.8 Å². The molecule has 0 aromatic heterocycles. The Morgan fingerprint density at radius 2 is 1.20 bits per heavy atom. The van der Waals surface area contributed by atoms with Gasteiger partial charge in [0.1, 0.15) is 12.7 Å². The summed E-state index contributed by atoms with van der Waals surface area (Å²) in [6.07, 6.45) is 35.9. The van der Waals surface area contributed by atoms with Crippen molar-refractivity contribution in [3.05, 3.63) is 48.6 Å². The Labute approximate surface area is 279 Å². The average molecular weight is 670 g/mol. The number of aliphatic hydroxyl groups is 1. The lowest BCUT2D eigenvalue weighted by molar-refractivity contribution is -0.147. The number of hydrogen-bond acceptors (Lipinski definition) is 7. The fourth-order valence-corrected chi connectivity index (χ4v) is 5.04. The summed E-state index contributed by atoms with van der Waals surface area (Å²) in [6, 6.07) is 0. The number of nitrogens with one attached hydrogen (secondary N) is 1. The van der Waals surface area contributed by atoms with E-state index in [2.05, 4.69) is 60.8 Å². The topological polar surface area (TPSA) is 131 Å². The first kappa shape index (κ1) is 44.0. The number of phosphoric acid groups is 1. The standard InChI is InChI=1S/C36H64NO8P/c1-3-5-7-8-9-10-11-12-13-14-15-16-17-18-19-20-21-22-23-24-25-26-27-28-35(39)37-30-31-44-46(41,42)45-33-34(38)32-43-36(40)29-6-4-2/h9-10,12-13,15-16,18-19,34,38H,3-8,11,14,17,20-33H2,1-2H3,(H,37,39)(H,41,42)/b10-9-,13-12-,16-15-,19-18-. The van der Waals surface area contributed by atoms with Crippen LogP contribution in [-0.2, 0) is 27.9 Å². The summed E-state index contributed by atoms with van der Waals surface area (Å²) in [5, 5.41) is 12.4. The van der Waals surface area contributed by atoms with Gasteiger partial charge < -0.3 is 20.1 Å². The molecule has 0 heterocycles. The molecule has 0 rings (SSSR count). The van der Waals surface area contributed by atoms with Gasteiger partial charge in [-0.2, -0.15) is 0 Å². The van der Waals surface area contributed by atoms with Crippen molar-refractivity contribution in [2.75, 3.05) is 26.4 Å². The van der Waals surface area contributed by atoms with Gasteiger partial charge in [0.05, 0.1) is 13.2 Å². The van der Waals surface area contributed by atoms with Crippen LogP contribution in [0.1, 0.15) is 136 Å². The number of amides is 1. The number of ether oxygens (including phenoxy) is 1. The summed E-state index contributed by atoms with van der Waals surface area (Å²) in [5.41, 5.74) is 0. The molecule has 0 spiro atoms. The van der Waals surface area contributed by atoms with Crippen molar-refractivity contribution in [3.8, 4) is 0 Å². The maximum Gasteiger partial charge on any atom is 0.472 e. The number of carbonyl (C=O) groups is 2. The van der Waals surface area contributed by atoms with Crippen LogP contribution in [0.2, 0.25) is 0 Å². The fraction of sp³-hybridized carbons (Fsp3) is 0.722. The van der Waals surface area contributed by atoms with Crippen LogP contribution in [0.25, 0.3) is 0 Å². The van der Waals surface area contributed by atoms with Crippen LogP contribution >= 0.6 is 7.82 Å². The van der Waals surface area contributed by atoms with Crippen molar-refractivity contribution < 1.29 is 37.9 Å². The molecule has 0 aromatic rings. The highest BCUT2D eigenvalue weighted by Gasteiger charge is 2.23. The average Bonchev–Trinajstić information content (AvgIpc) is 3.04. The first-order valence-electron chi connectivity index (χ1n) is 17.6. The Hall–Kier alpha value is -2.03. The second-order valence-corrected chi connectivity index (χ2v) is 12.9. The molecule has 0 aromatic carbocycles. The predicted octanol–water partition coefficient (Wildman–Crippen LogP) is 8.82. The van der Waals surface area contributed by atoms with Gasteiger partial charge in [-0.15, -0.1) is 0 Å². The molecule has 0 fully saturated rings. The van der Waals surface area contributed by atoms with Crippen molar-refractivity contribution in [3.63, 3.8) is 0 Å². The number of unbranched alkanes of at least 4 members (excludes halogenated alkanes) is 11. The molecule has 0 aliphatic heterocycles. The molecule has 2 atom stereocenters. The molecule has 46 heavy (non-hydrogen) atoms. The van der Waals surface area contributed by atoms with Crippen LogP contribution in [-0.4, -0.2) is 54.3 Å². The highest BCUT2D eigenvalue weighted by molar-refractivity contribution is 7.47. The van der Waals surface area contributed by atoms with Gasteiger partial charge in [-0.05, 0) is 57.8 Å². The minimum Gasteiger partial charge on any atom is -0.463 e. The largest absolute Gasteiger partial charge is 0.472 e. The number of allylic oxidation sites excluding steroid dienone is 8. The number of phosphoric ester groups is 1. The van der Waals surface area contributed by atoms with E-state index in [9.17, 15) is 24.2 Å². The summed E-state index contributed by atoms with van der Waals surface area (Å²) in [7, 11) is -4.39. The molecule has 0 aliphatic carbocycles. The Morgan fingerprint density at radius 1 is 0.674 bits per heavy atom. The molecule has 0 bridgehead atoms. The van der Waals surface area contributed by atoms with Gasteiger partial charge in [-0.1, -0.05) is 114 Å². The van der Waals surface area contributed by atoms with E-state index in [1.165, 1.54) is 51.4 Å². The minimum absolute atomic E-state index is 0.0732. The van der Waals surface area contributed by atoms with Crippen LogP contribution in [0.4, 0.5) is 0 Å². The zero-order valence-electron chi connectivity index (χ0n) is 28.8. The highest BCUT2D eigenvalue weighted by atomic mass is 31.2. The lowest BCUT2D eigenvalue weighted by Crippen LogP contribution is -2.27. The SMILES string of the molecule is CCCCC/C=C\C/C=C\C/C=C\C/C=C\CCCCCCCCCC(=O)NCCOP(=O)(O)OCC(O)COC(=O)CCCC. The van der Waals surface area contributed by atoms with Crippen molar-refractivity contribution >= 4 is 19.7 Å². The second-order valence-electron chi connectivity index (χ2n) is 11.5. The molecular formula is C36H64NO8P. The van der Waals surface area contributed by atoms with E-state index in [0.717, 1.165) is 51.4 Å². The molecule has 266 valence electrons. The Balaban J connectivity index is 3.58. The monoisotopic (exact) mass is 669 g/mol. The van der Waals surface area contributed by atoms with E-state index in [1.54, 1.807) is 0 Å². The van der Waals surface area contributed by atoms with Crippen molar-refractivity contribution in [1.29, 1.82) is 0 Å². The molecule has 0 saturated heterocycles. The smallest absolute Gasteiger partial charge is 0.463 e. The van der Waals surface area contributed by atoms with Crippen molar-refractivity contribution in [1.82, 2.24) is 5.32 Å². The maximum atomic E-state index is 12.0. The Morgan fingerprint density at radius 3 is 1.78 bits per heavy atom. The summed E-state index contributed by atoms with van der Waals surface area (Å²) >= 11 is 0. The summed E-state index contributed by atoms with van der Waals surface area (Å²) < 4.78 is 26.3. The summed E-state index contributed by atoms with van der Waals surface area (Å²) in [5.74, 6) is -0.568. The Kier molecular flexibility index (Phi) is 31.4. The van der Waals surface area contributed by atoms with Gasteiger partial charge in [-0.3, -0.25) is 18.6 Å². The van der Waals surface area contributed by atoms with Gasteiger partial charge in [0.25, 0.3) is 0 Å². The zero-order chi connectivity index (χ0) is 34.0. The normalized spacial score (nSPS) is 14.1. The predicted molar refractivity (Wildman–Crippen MR) is 187 cm³/mol. The summed E-state index contributed by atoms with van der Waals surface area (Å²) in [6.45, 7) is 3.20. The molecule has 10 heteroatoms. The van der Waals surface area contributed by atoms with E-state index in [0.29, 0.717) is 12.8 Å². The van der Waals surface area contributed by atoms with Crippen LogP contribution in [0.3, 0.4) is 0 Å². The van der Waals surface area contributed by atoms with E-state index in [1.807, 2.05) is 6.92 Å². The third-order valence-corrected chi connectivity index (χ3v) is 8.00. The van der Waals surface area contributed by atoms with Crippen molar-refractivity contribution in [2.45, 2.75) is 142 Å². The first-order chi connectivity index (χ1) is 22.3. The van der Waals surface area contributed by atoms with E-state index in [4.69, 9.17) is 13.8 Å². The molecule has 0 saturated carbocycles. The Bertz CT molecular complexity index is 902. The van der Waals surface area contributed by atoms with E-state index >= 15 is 0 Å². The quantitative estimate of drug-likeness (QED) is 0.0280. The van der Waals surface area contributed by atoms with Crippen molar-refractivity contribution in [2.24, 2.45) is 0 Å². The minimum atomic E-state index is -4.39. The molecule has 1 amide bonds. The molecule has 2 unspecified atom stereocenters. The van der Waals surface area contributed by atoms with Gasteiger partial charge in [0.2, 0.25) is 5.91 Å². The number of esters is 1. The third kappa shape index (κ3) is 33.3. The maximum absolute atomic E-state index is 12.0. The third-order valence-electron chi connectivity index (χ3n) is 7.01. The highest BCUT2D eigenvalue weighted by Crippen LogP contribution is 2.42. The first-order valence-corrected chi connectivity index (χ1v) is 19.1. The number of carbonyl (C=O) groups excluding carboxylic acids is 2. The van der Waals surface area contributed by atoms with Gasteiger partial charge in [0, 0.05) is 19.4 Å². The summed E-state index contributed by atoms with van der Waals surface area (Å²) in [4.78, 5) is 33.1. The second kappa shape index (κ2) is 32.9. The van der Waals surface area contributed by atoms with Gasteiger partial charge in [0.15, 0.2) is 0 Å². The number of hydrogen-bond donors (Lipinski definition) is 3. The van der Waals surface area contributed by atoms with Crippen LogP contribution in [0, 0.1) is 0 Å². The zero-order valence-corrected chi connectivity index (χ0v) is 29.6. The van der Waals surface area contributed by atoms with E-state index in [-0.39, 0.29) is 32.1 Å². The lowest BCUT2D eigenvalue weighted by Gasteiger charge is -2.15. The number of rotatable bonds is 32. The van der Waals surface area contributed by atoms with Crippen LogP contribution in [0.15, 0.2) is 48.6 Å². The van der Waals surface area contributed by atoms with Crippen LogP contribution in [0.5, 0.6) is 0 Å². The molecule has 9 nitrogen and oxygen atoms in total. The lowest BCUT2D eigenvalue weighted by atomic mass is 10.1. The van der Waals surface area contributed by atoms with Gasteiger partial charge in [-0.25, -0.2) is 4.57 Å². The molecule has 3 N–H and O–H groups in total. The molecule has 0 aliphatic rings. The fourth-order valence-electron chi connectivity index (χ4n) is 4.28. The molecule has 0 radical (unpaired) electrons. The van der Waals surface area contributed by atoms with E-state index < -0.39 is 26.5 Å².